The van der Waals surface area contributed by atoms with Crippen LogP contribution < -0.4 is 4.74 Å². The predicted octanol–water partition coefficient (Wildman–Crippen LogP) is 2.54. The summed E-state index contributed by atoms with van der Waals surface area (Å²) in [5.74, 6) is 0.682. The monoisotopic (exact) mass is 314 g/mol. The van der Waals surface area contributed by atoms with Crippen LogP contribution in [-0.2, 0) is 5.60 Å². The molecule has 2 heterocycles. The van der Waals surface area contributed by atoms with Gasteiger partial charge in [-0.25, -0.2) is 0 Å². The molecule has 0 saturated carbocycles. The molecule has 5 heteroatoms. The number of aliphatic hydroxyl groups is 1. The highest BCUT2D eigenvalue weighted by molar-refractivity contribution is 5.92. The number of carbonyl (C=O) groups excluding carboxylic acids is 1. The Morgan fingerprint density at radius 2 is 2.09 bits per heavy atom. The molecule has 2 atom stereocenters. The lowest BCUT2D eigenvalue weighted by molar-refractivity contribution is -0.0178. The number of nitrogens with zero attached hydrogens (tertiary/aromatic N) is 1. The van der Waals surface area contributed by atoms with Gasteiger partial charge in [-0.05, 0) is 49.6 Å². The van der Waals surface area contributed by atoms with Crippen molar-refractivity contribution < 1.29 is 14.6 Å². The van der Waals surface area contributed by atoms with Gasteiger partial charge in [-0.3, -0.25) is 4.79 Å². The van der Waals surface area contributed by atoms with Crippen molar-refractivity contribution in [3.05, 3.63) is 53.9 Å². The first kappa shape index (κ1) is 15.6. The minimum absolute atomic E-state index is 0.0636. The maximum Gasteiger partial charge on any atom is 0.270 e. The van der Waals surface area contributed by atoms with Crippen LogP contribution in [0, 0.1) is 0 Å². The molecule has 1 saturated heterocycles. The lowest BCUT2D eigenvalue weighted by Crippen LogP contribution is -2.48. The Morgan fingerprint density at radius 1 is 1.35 bits per heavy atom. The van der Waals surface area contributed by atoms with E-state index >= 15 is 0 Å². The van der Waals surface area contributed by atoms with E-state index in [0.717, 1.165) is 24.2 Å². The van der Waals surface area contributed by atoms with Crippen molar-refractivity contribution >= 4 is 5.91 Å². The molecule has 1 aliphatic rings. The minimum Gasteiger partial charge on any atom is -0.497 e. The highest BCUT2D eigenvalue weighted by atomic mass is 16.5. The van der Waals surface area contributed by atoms with Crippen LogP contribution in [0.25, 0.3) is 0 Å². The van der Waals surface area contributed by atoms with Gasteiger partial charge in [0, 0.05) is 12.7 Å². The van der Waals surface area contributed by atoms with Crippen LogP contribution in [0.15, 0.2) is 42.6 Å². The minimum atomic E-state index is -1.11. The normalized spacial score (nSPS) is 20.3. The van der Waals surface area contributed by atoms with E-state index in [-0.39, 0.29) is 11.9 Å². The Hall–Kier alpha value is -2.27. The number of aromatic amines is 1. The number of amides is 1. The van der Waals surface area contributed by atoms with Crippen LogP contribution in [0.4, 0.5) is 0 Å². The molecule has 0 spiro atoms. The summed E-state index contributed by atoms with van der Waals surface area (Å²) in [5.41, 5.74) is 0.238. The summed E-state index contributed by atoms with van der Waals surface area (Å²) >= 11 is 0. The molecule has 3 rings (SSSR count). The van der Waals surface area contributed by atoms with Gasteiger partial charge in [-0.15, -0.1) is 0 Å². The van der Waals surface area contributed by atoms with E-state index < -0.39 is 5.60 Å². The number of H-pyrrole nitrogens is 1. The van der Waals surface area contributed by atoms with Crippen molar-refractivity contribution in [2.24, 2.45) is 0 Å². The van der Waals surface area contributed by atoms with E-state index in [2.05, 4.69) is 4.98 Å². The van der Waals surface area contributed by atoms with Crippen LogP contribution in [0.2, 0.25) is 0 Å². The van der Waals surface area contributed by atoms with Crippen LogP contribution >= 0.6 is 0 Å². The summed E-state index contributed by atoms with van der Waals surface area (Å²) in [7, 11) is 1.61. The fourth-order valence-electron chi connectivity index (χ4n) is 3.33. The van der Waals surface area contributed by atoms with E-state index in [1.165, 1.54) is 0 Å². The number of benzene rings is 1. The topological polar surface area (TPSA) is 65.6 Å². The fraction of sp³-hybridized carbons (Fsp3) is 0.389. The SMILES string of the molecule is COc1ccc(C(C)(O)C2CCCN2C(=O)c2ccc[nH]2)cc1. The number of hydrogen-bond acceptors (Lipinski definition) is 3. The molecular weight excluding hydrogens is 292 g/mol. The molecule has 5 nitrogen and oxygen atoms in total. The Kier molecular flexibility index (Phi) is 4.13. The predicted molar refractivity (Wildman–Crippen MR) is 87.4 cm³/mol. The second-order valence-electron chi connectivity index (χ2n) is 6.12. The largest absolute Gasteiger partial charge is 0.497 e. The lowest BCUT2D eigenvalue weighted by Gasteiger charge is -2.36. The van der Waals surface area contributed by atoms with E-state index in [1.54, 1.807) is 37.3 Å². The first-order chi connectivity index (χ1) is 11.0. The molecule has 23 heavy (non-hydrogen) atoms. The van der Waals surface area contributed by atoms with Gasteiger partial charge in [0.05, 0.1) is 13.2 Å². The standard InChI is InChI=1S/C18H22N2O3/c1-18(22,13-7-9-14(23-2)10-8-13)16-6-4-12-20(16)17(21)15-5-3-11-19-15/h3,5,7-11,16,19,22H,4,6,12H2,1-2H3. The van der Waals surface area contributed by atoms with Gasteiger partial charge in [0.2, 0.25) is 0 Å². The summed E-state index contributed by atoms with van der Waals surface area (Å²) in [5, 5.41) is 11.1. The summed E-state index contributed by atoms with van der Waals surface area (Å²) in [4.78, 5) is 17.4. The smallest absolute Gasteiger partial charge is 0.270 e. The van der Waals surface area contributed by atoms with Crippen molar-refractivity contribution in [2.45, 2.75) is 31.4 Å². The molecular formula is C18H22N2O3. The van der Waals surface area contributed by atoms with Crippen LogP contribution in [0.3, 0.4) is 0 Å². The van der Waals surface area contributed by atoms with Gasteiger partial charge < -0.3 is 19.7 Å². The molecule has 1 aromatic heterocycles. The first-order valence-electron chi connectivity index (χ1n) is 7.85. The second-order valence-corrected chi connectivity index (χ2v) is 6.12. The van der Waals surface area contributed by atoms with Crippen LogP contribution in [0.5, 0.6) is 5.75 Å². The van der Waals surface area contributed by atoms with E-state index in [4.69, 9.17) is 4.74 Å². The maximum absolute atomic E-state index is 12.7. The maximum atomic E-state index is 12.7. The van der Waals surface area contributed by atoms with Gasteiger partial charge in [0.25, 0.3) is 5.91 Å². The van der Waals surface area contributed by atoms with Gasteiger partial charge in [0.1, 0.15) is 17.0 Å². The molecule has 2 aromatic rings. The third-order valence-electron chi connectivity index (χ3n) is 4.67. The average molecular weight is 314 g/mol. The highest BCUT2D eigenvalue weighted by Gasteiger charge is 2.42. The number of carbonyl (C=O) groups is 1. The molecule has 1 fully saturated rings. The van der Waals surface area contributed by atoms with Crippen LogP contribution in [0.1, 0.15) is 35.8 Å². The molecule has 1 amide bonds. The number of methoxy groups -OCH3 is 1. The average Bonchev–Trinajstić information content (AvgIpc) is 3.25. The number of hydrogen-bond donors (Lipinski definition) is 2. The highest BCUT2D eigenvalue weighted by Crippen LogP contribution is 2.35. The molecule has 2 unspecified atom stereocenters. The number of nitrogens with one attached hydrogen (secondary N) is 1. The molecule has 0 radical (unpaired) electrons. The summed E-state index contributed by atoms with van der Waals surface area (Å²) < 4.78 is 5.17. The Balaban J connectivity index is 1.86. The van der Waals surface area contributed by atoms with E-state index in [9.17, 15) is 9.90 Å². The molecule has 122 valence electrons. The van der Waals surface area contributed by atoms with Gasteiger partial charge in [-0.1, -0.05) is 12.1 Å². The number of ether oxygens (including phenoxy) is 1. The third-order valence-corrected chi connectivity index (χ3v) is 4.67. The fourth-order valence-corrected chi connectivity index (χ4v) is 3.33. The zero-order valence-electron chi connectivity index (χ0n) is 13.5. The van der Waals surface area contributed by atoms with Crippen molar-refractivity contribution in [1.82, 2.24) is 9.88 Å². The molecule has 2 N–H and O–H groups in total. The number of aromatic nitrogens is 1. The number of likely N-dealkylation sites (tertiary alicyclic amines) is 1. The van der Waals surface area contributed by atoms with E-state index in [1.807, 2.05) is 24.3 Å². The second kappa shape index (κ2) is 6.08. The quantitative estimate of drug-likeness (QED) is 0.911. The summed E-state index contributed by atoms with van der Waals surface area (Å²) in [6, 6.07) is 10.7. The van der Waals surface area contributed by atoms with Crippen molar-refractivity contribution in [1.29, 1.82) is 0 Å². The zero-order chi connectivity index (χ0) is 16.4. The molecule has 1 aromatic carbocycles. The Bertz CT molecular complexity index is 662. The lowest BCUT2D eigenvalue weighted by atomic mass is 9.86. The molecule has 0 bridgehead atoms. The van der Waals surface area contributed by atoms with Crippen molar-refractivity contribution in [2.75, 3.05) is 13.7 Å². The van der Waals surface area contributed by atoms with Gasteiger partial charge in [-0.2, -0.15) is 0 Å². The number of rotatable bonds is 4. The Labute approximate surface area is 135 Å². The van der Waals surface area contributed by atoms with Gasteiger partial charge >= 0.3 is 0 Å². The Morgan fingerprint density at radius 3 is 2.70 bits per heavy atom. The van der Waals surface area contributed by atoms with Crippen molar-refractivity contribution in [3.8, 4) is 5.75 Å². The van der Waals surface area contributed by atoms with Gasteiger partial charge in [0.15, 0.2) is 0 Å². The summed E-state index contributed by atoms with van der Waals surface area (Å²) in [6.07, 6.45) is 3.41. The summed E-state index contributed by atoms with van der Waals surface area (Å²) in [6.45, 7) is 2.44. The third kappa shape index (κ3) is 2.84. The molecule has 1 aliphatic heterocycles. The van der Waals surface area contributed by atoms with Crippen molar-refractivity contribution in [3.63, 3.8) is 0 Å². The molecule has 0 aliphatic carbocycles. The first-order valence-corrected chi connectivity index (χ1v) is 7.85. The van der Waals surface area contributed by atoms with E-state index in [0.29, 0.717) is 12.2 Å². The van der Waals surface area contributed by atoms with Crippen LogP contribution in [-0.4, -0.2) is 40.6 Å². The zero-order valence-corrected chi connectivity index (χ0v) is 13.5.